The number of nitrogens with zero attached hydrogens (tertiary/aromatic N) is 4. The third-order valence-corrected chi connectivity index (χ3v) is 7.93. The molecule has 0 spiro atoms. The van der Waals surface area contributed by atoms with Gasteiger partial charge in [-0.05, 0) is 76.9 Å². The van der Waals surface area contributed by atoms with Crippen molar-refractivity contribution in [1.82, 2.24) is 30.2 Å². The van der Waals surface area contributed by atoms with E-state index in [0.29, 0.717) is 18.2 Å². The molecule has 0 radical (unpaired) electrons. The summed E-state index contributed by atoms with van der Waals surface area (Å²) in [4.78, 5) is 31.8. The van der Waals surface area contributed by atoms with Gasteiger partial charge >= 0.3 is 0 Å². The molecule has 5 rings (SSSR count). The van der Waals surface area contributed by atoms with E-state index in [1.165, 1.54) is 5.39 Å². The number of likely N-dealkylation sites (N-methyl/N-ethyl adjacent to an activating group) is 1. The molecule has 1 aliphatic carbocycles. The summed E-state index contributed by atoms with van der Waals surface area (Å²) in [6.45, 7) is 5.81. The van der Waals surface area contributed by atoms with Crippen molar-refractivity contribution in [2.45, 2.75) is 64.1 Å². The first-order valence-electron chi connectivity index (χ1n) is 14.8. The van der Waals surface area contributed by atoms with Gasteiger partial charge in [-0.25, -0.2) is 9.97 Å². The number of rotatable bonds is 11. The van der Waals surface area contributed by atoms with Crippen LogP contribution >= 0.6 is 0 Å². The van der Waals surface area contributed by atoms with Crippen LogP contribution in [0.2, 0.25) is 0 Å². The number of carbonyl (C=O) groups is 1. The van der Waals surface area contributed by atoms with Crippen LogP contribution in [-0.2, 0) is 17.8 Å². The Morgan fingerprint density at radius 2 is 2.02 bits per heavy atom. The number of anilines is 2. The second kappa shape index (κ2) is 13.3. The fraction of sp³-hybridized carbons (Fsp3) is 0.394. The van der Waals surface area contributed by atoms with Crippen molar-refractivity contribution < 1.29 is 4.79 Å². The molecule has 1 saturated carbocycles. The average Bonchev–Trinajstić information content (AvgIpc) is 3.41. The number of pyridine rings is 1. The second-order valence-electron chi connectivity index (χ2n) is 11.7. The molecule has 0 aliphatic heterocycles. The van der Waals surface area contributed by atoms with Crippen molar-refractivity contribution in [3.63, 3.8) is 0 Å². The summed E-state index contributed by atoms with van der Waals surface area (Å²) in [5.41, 5.74) is 5.94. The SMILES string of the molecule is CCc1cnc(NC2CCCC(C)(NCc3ccc(NC(=O)C=CCN(C)C)cn3)C2)nc1-c1c[nH]c2ccccc12. The Kier molecular flexibility index (Phi) is 9.29. The number of aromatic amines is 1. The van der Waals surface area contributed by atoms with Gasteiger partial charge in [-0.2, -0.15) is 0 Å². The highest BCUT2D eigenvalue weighted by molar-refractivity contribution is 5.99. The Hall–Kier alpha value is -4.08. The Labute approximate surface area is 248 Å². The topological polar surface area (TPSA) is 111 Å². The molecule has 1 aliphatic rings. The molecule has 2 atom stereocenters. The number of benzene rings is 1. The number of amides is 1. The minimum Gasteiger partial charge on any atom is -0.360 e. The zero-order chi connectivity index (χ0) is 29.5. The molecule has 0 bridgehead atoms. The maximum atomic E-state index is 12.1. The number of aryl methyl sites for hydroxylation is 1. The lowest BCUT2D eigenvalue weighted by Crippen LogP contribution is -2.48. The smallest absolute Gasteiger partial charge is 0.248 e. The Bertz CT molecular complexity index is 1530. The van der Waals surface area contributed by atoms with Gasteiger partial charge in [-0.1, -0.05) is 31.2 Å². The van der Waals surface area contributed by atoms with Crippen LogP contribution in [0.4, 0.5) is 11.6 Å². The van der Waals surface area contributed by atoms with Crippen LogP contribution in [0.5, 0.6) is 0 Å². The van der Waals surface area contributed by atoms with E-state index in [9.17, 15) is 4.79 Å². The third kappa shape index (κ3) is 7.40. The van der Waals surface area contributed by atoms with Crippen molar-refractivity contribution in [1.29, 1.82) is 0 Å². The van der Waals surface area contributed by atoms with Gasteiger partial charge in [0.1, 0.15) is 0 Å². The highest BCUT2D eigenvalue weighted by atomic mass is 16.1. The molecule has 0 saturated heterocycles. The molecule has 3 aromatic heterocycles. The van der Waals surface area contributed by atoms with E-state index in [4.69, 9.17) is 4.98 Å². The molecule has 2 unspecified atom stereocenters. The predicted octanol–water partition coefficient (Wildman–Crippen LogP) is 5.54. The molecule has 1 aromatic carbocycles. The minimum absolute atomic E-state index is 0.0370. The third-order valence-electron chi connectivity index (χ3n) is 7.93. The lowest BCUT2D eigenvalue weighted by atomic mass is 9.80. The van der Waals surface area contributed by atoms with Gasteiger partial charge in [0.25, 0.3) is 0 Å². The molecule has 1 fully saturated rings. The Balaban J connectivity index is 1.19. The van der Waals surface area contributed by atoms with Crippen molar-refractivity contribution >= 4 is 28.4 Å². The monoisotopic (exact) mass is 566 g/mol. The average molecular weight is 567 g/mol. The lowest BCUT2D eigenvalue weighted by molar-refractivity contribution is -0.111. The van der Waals surface area contributed by atoms with Crippen molar-refractivity contribution in [3.05, 3.63) is 78.4 Å². The van der Waals surface area contributed by atoms with Gasteiger partial charge in [0.2, 0.25) is 11.9 Å². The lowest BCUT2D eigenvalue weighted by Gasteiger charge is -2.39. The number of para-hydroxylation sites is 1. The molecule has 4 N–H and O–H groups in total. The van der Waals surface area contributed by atoms with Crippen LogP contribution in [0.25, 0.3) is 22.2 Å². The minimum atomic E-state index is -0.153. The van der Waals surface area contributed by atoms with E-state index in [1.807, 2.05) is 49.5 Å². The van der Waals surface area contributed by atoms with E-state index in [1.54, 1.807) is 12.3 Å². The first kappa shape index (κ1) is 29.4. The molecular formula is C33H42N8O. The molecule has 9 heteroatoms. The number of aromatic nitrogens is 4. The summed E-state index contributed by atoms with van der Waals surface area (Å²) in [6, 6.07) is 12.5. The highest BCUT2D eigenvalue weighted by Gasteiger charge is 2.32. The summed E-state index contributed by atoms with van der Waals surface area (Å²) in [6.07, 6.45) is 14.2. The van der Waals surface area contributed by atoms with Gasteiger partial charge in [0.15, 0.2) is 0 Å². The zero-order valence-corrected chi connectivity index (χ0v) is 25.1. The first-order chi connectivity index (χ1) is 20.3. The van der Waals surface area contributed by atoms with E-state index in [-0.39, 0.29) is 17.5 Å². The van der Waals surface area contributed by atoms with E-state index in [2.05, 4.69) is 69.1 Å². The van der Waals surface area contributed by atoms with Crippen molar-refractivity contribution in [3.8, 4) is 11.3 Å². The van der Waals surface area contributed by atoms with Crippen LogP contribution in [0, 0.1) is 0 Å². The number of H-pyrrole nitrogens is 1. The summed E-state index contributed by atoms with van der Waals surface area (Å²) < 4.78 is 0. The van der Waals surface area contributed by atoms with Gasteiger partial charge in [-0.15, -0.1) is 0 Å². The molecular weight excluding hydrogens is 524 g/mol. The first-order valence-corrected chi connectivity index (χ1v) is 14.8. The fourth-order valence-corrected chi connectivity index (χ4v) is 5.65. The quantitative estimate of drug-likeness (QED) is 0.176. The molecule has 42 heavy (non-hydrogen) atoms. The second-order valence-corrected chi connectivity index (χ2v) is 11.7. The molecule has 4 aromatic rings. The summed E-state index contributed by atoms with van der Waals surface area (Å²) in [5, 5.41) is 11.4. The predicted molar refractivity (Wildman–Crippen MR) is 170 cm³/mol. The largest absolute Gasteiger partial charge is 0.360 e. The van der Waals surface area contributed by atoms with Gasteiger partial charge < -0.3 is 25.8 Å². The van der Waals surface area contributed by atoms with Gasteiger partial charge in [0.05, 0.1) is 23.3 Å². The van der Waals surface area contributed by atoms with Crippen LogP contribution < -0.4 is 16.0 Å². The number of hydrogen-bond donors (Lipinski definition) is 4. The highest BCUT2D eigenvalue weighted by Crippen LogP contribution is 2.32. The number of nitrogens with one attached hydrogen (secondary N) is 4. The van der Waals surface area contributed by atoms with Gasteiger partial charge in [-0.3, -0.25) is 9.78 Å². The molecule has 1 amide bonds. The van der Waals surface area contributed by atoms with Gasteiger partial charge in [0, 0.05) is 59.6 Å². The van der Waals surface area contributed by atoms with Crippen LogP contribution in [-0.4, -0.2) is 63.0 Å². The summed E-state index contributed by atoms with van der Waals surface area (Å²) in [7, 11) is 3.93. The Morgan fingerprint density at radius 3 is 2.81 bits per heavy atom. The Morgan fingerprint density at radius 1 is 1.17 bits per heavy atom. The van der Waals surface area contributed by atoms with Crippen LogP contribution in [0.15, 0.2) is 67.1 Å². The van der Waals surface area contributed by atoms with Crippen LogP contribution in [0.3, 0.4) is 0 Å². The summed E-state index contributed by atoms with van der Waals surface area (Å²) in [5.74, 6) is 0.525. The molecule has 220 valence electrons. The standard InChI is InChI=1S/C33H42N8O/c1-5-23-19-36-32(40-31(23)28-22-35-29-12-7-6-11-27(28)29)39-24-10-8-16-33(2,18-24)37-21-25-14-15-26(20-34-25)38-30(42)13-9-17-41(3)4/h6-7,9,11-15,19-20,22,24,35,37H,5,8,10,16-18,21H2,1-4H3,(H,38,42)(H,36,39,40). The van der Waals surface area contributed by atoms with E-state index in [0.717, 1.165) is 66.7 Å². The number of fused-ring (bicyclic) bond motifs is 1. The fourth-order valence-electron chi connectivity index (χ4n) is 5.65. The molecule has 3 heterocycles. The number of hydrogen-bond acceptors (Lipinski definition) is 7. The van der Waals surface area contributed by atoms with Crippen molar-refractivity contribution in [2.75, 3.05) is 31.3 Å². The maximum Gasteiger partial charge on any atom is 0.248 e. The molecule has 9 nitrogen and oxygen atoms in total. The van der Waals surface area contributed by atoms with E-state index >= 15 is 0 Å². The van der Waals surface area contributed by atoms with E-state index < -0.39 is 0 Å². The number of carbonyl (C=O) groups excluding carboxylic acids is 1. The van der Waals surface area contributed by atoms with Crippen LogP contribution in [0.1, 0.15) is 50.8 Å². The van der Waals surface area contributed by atoms with Crippen molar-refractivity contribution in [2.24, 2.45) is 0 Å². The zero-order valence-electron chi connectivity index (χ0n) is 25.1. The summed E-state index contributed by atoms with van der Waals surface area (Å²) >= 11 is 0. The normalized spacial score (nSPS) is 19.0. The maximum absolute atomic E-state index is 12.1.